The van der Waals surface area contributed by atoms with Crippen molar-refractivity contribution in [3.8, 4) is 5.75 Å². The molecule has 6 nitrogen and oxygen atoms in total. The molecular weight excluding hydrogens is 447 g/mol. The van der Waals surface area contributed by atoms with Crippen molar-refractivity contribution < 1.29 is 18.1 Å². The van der Waals surface area contributed by atoms with E-state index in [0.29, 0.717) is 23.7 Å². The predicted molar refractivity (Wildman–Crippen MR) is 134 cm³/mol. The number of piperidine rings is 1. The maximum atomic E-state index is 13.4. The van der Waals surface area contributed by atoms with Crippen molar-refractivity contribution in [1.82, 2.24) is 10.1 Å². The molecule has 5 rings (SSSR count). The Morgan fingerprint density at radius 2 is 1.89 bits per heavy atom. The van der Waals surface area contributed by atoms with Gasteiger partial charge in [0.05, 0.1) is 12.3 Å². The van der Waals surface area contributed by atoms with Crippen LogP contribution in [0.1, 0.15) is 56.2 Å². The van der Waals surface area contributed by atoms with E-state index in [9.17, 15) is 9.18 Å². The van der Waals surface area contributed by atoms with Crippen molar-refractivity contribution in [3.63, 3.8) is 0 Å². The molecule has 0 saturated carbocycles. The number of likely N-dealkylation sites (tertiary alicyclic amines) is 1. The highest BCUT2D eigenvalue weighted by molar-refractivity contribution is 5.81. The topological polar surface area (TPSA) is 68.7 Å². The molecular formula is C28H31FN2O4. The fourth-order valence-electron chi connectivity index (χ4n) is 5.06. The number of benzene rings is 2. The van der Waals surface area contributed by atoms with Crippen LogP contribution >= 0.6 is 0 Å². The summed E-state index contributed by atoms with van der Waals surface area (Å²) in [6.45, 7) is 5.80. The summed E-state index contributed by atoms with van der Waals surface area (Å²) in [6.07, 6.45) is 5.90. The van der Waals surface area contributed by atoms with E-state index in [1.807, 2.05) is 18.2 Å². The summed E-state index contributed by atoms with van der Waals surface area (Å²) in [7, 11) is 0. The van der Waals surface area contributed by atoms with Crippen molar-refractivity contribution in [2.45, 2.75) is 51.4 Å². The average molecular weight is 479 g/mol. The lowest BCUT2D eigenvalue weighted by molar-refractivity contribution is 0.199. The van der Waals surface area contributed by atoms with Crippen LogP contribution in [-0.4, -0.2) is 36.3 Å². The van der Waals surface area contributed by atoms with Gasteiger partial charge in [0, 0.05) is 34.9 Å². The van der Waals surface area contributed by atoms with Gasteiger partial charge in [0.15, 0.2) is 5.58 Å². The SMILES string of the molecule is CCCc1cc(=O)oc2cc(OCCCCN3CCC(c4noc5cc(F)ccc45)CC3)ccc12. The summed E-state index contributed by atoms with van der Waals surface area (Å²) in [5.74, 6) is 0.786. The zero-order valence-electron chi connectivity index (χ0n) is 20.1. The van der Waals surface area contributed by atoms with E-state index in [1.54, 1.807) is 12.1 Å². The van der Waals surface area contributed by atoms with Gasteiger partial charge in [-0.25, -0.2) is 9.18 Å². The van der Waals surface area contributed by atoms with Crippen LogP contribution in [0.3, 0.4) is 0 Å². The fourth-order valence-corrected chi connectivity index (χ4v) is 5.06. The highest BCUT2D eigenvalue weighted by Gasteiger charge is 2.24. The van der Waals surface area contributed by atoms with Crippen molar-refractivity contribution >= 4 is 21.9 Å². The first-order valence-electron chi connectivity index (χ1n) is 12.6. The first-order valence-corrected chi connectivity index (χ1v) is 12.6. The Morgan fingerprint density at radius 3 is 2.71 bits per heavy atom. The number of hydrogen-bond donors (Lipinski definition) is 0. The Bertz CT molecular complexity index is 1350. The molecule has 35 heavy (non-hydrogen) atoms. The molecule has 0 N–H and O–H groups in total. The minimum atomic E-state index is -0.312. The molecule has 0 radical (unpaired) electrons. The highest BCUT2D eigenvalue weighted by Crippen LogP contribution is 2.33. The van der Waals surface area contributed by atoms with Gasteiger partial charge < -0.3 is 18.6 Å². The van der Waals surface area contributed by atoms with Crippen LogP contribution in [-0.2, 0) is 6.42 Å². The van der Waals surface area contributed by atoms with Gasteiger partial charge >= 0.3 is 5.63 Å². The summed E-state index contributed by atoms with van der Waals surface area (Å²) in [5.41, 5.74) is 2.79. The first-order chi connectivity index (χ1) is 17.1. The van der Waals surface area contributed by atoms with Gasteiger partial charge in [-0.1, -0.05) is 18.5 Å². The van der Waals surface area contributed by atoms with E-state index in [-0.39, 0.29) is 11.4 Å². The van der Waals surface area contributed by atoms with Crippen LogP contribution in [0.5, 0.6) is 5.75 Å². The number of unbranched alkanes of at least 4 members (excludes halogenated alkanes) is 1. The second-order valence-electron chi connectivity index (χ2n) is 9.38. The van der Waals surface area contributed by atoms with Crippen LogP contribution in [0.4, 0.5) is 4.39 Å². The molecule has 0 unspecified atom stereocenters. The molecule has 7 heteroatoms. The van der Waals surface area contributed by atoms with E-state index >= 15 is 0 Å². The Balaban J connectivity index is 1.07. The zero-order chi connectivity index (χ0) is 24.2. The monoisotopic (exact) mass is 478 g/mol. The van der Waals surface area contributed by atoms with Crippen LogP contribution in [0.15, 0.2) is 56.2 Å². The van der Waals surface area contributed by atoms with Gasteiger partial charge in [-0.15, -0.1) is 0 Å². The van der Waals surface area contributed by atoms with Crippen LogP contribution in [0, 0.1) is 5.82 Å². The van der Waals surface area contributed by atoms with Crippen LogP contribution in [0.2, 0.25) is 0 Å². The van der Waals surface area contributed by atoms with E-state index < -0.39 is 0 Å². The van der Waals surface area contributed by atoms with Crippen molar-refractivity contribution in [1.29, 1.82) is 0 Å². The summed E-state index contributed by atoms with van der Waals surface area (Å²) >= 11 is 0. The molecule has 1 saturated heterocycles. The number of aryl methyl sites for hydroxylation is 1. The summed E-state index contributed by atoms with van der Waals surface area (Å²) in [6, 6.07) is 12.0. The molecule has 184 valence electrons. The third-order valence-electron chi connectivity index (χ3n) is 6.89. The normalized spacial score (nSPS) is 15.3. The number of ether oxygens (including phenoxy) is 1. The minimum Gasteiger partial charge on any atom is -0.493 e. The quantitative estimate of drug-likeness (QED) is 0.215. The lowest BCUT2D eigenvalue weighted by Gasteiger charge is -2.31. The first kappa shape index (κ1) is 23.5. The Labute approximate surface area is 203 Å². The van der Waals surface area contributed by atoms with Gasteiger partial charge in [0.1, 0.15) is 17.1 Å². The number of nitrogens with zero attached hydrogens (tertiary/aromatic N) is 2. The third kappa shape index (κ3) is 5.40. The number of fused-ring (bicyclic) bond motifs is 2. The Morgan fingerprint density at radius 1 is 1.06 bits per heavy atom. The lowest BCUT2D eigenvalue weighted by atomic mass is 9.91. The molecule has 4 aromatic rings. The molecule has 1 aliphatic heterocycles. The Kier molecular flexibility index (Phi) is 7.13. The van der Waals surface area contributed by atoms with E-state index in [1.165, 1.54) is 12.1 Å². The molecule has 1 aliphatic rings. The van der Waals surface area contributed by atoms with Gasteiger partial charge in [-0.05, 0) is 81.6 Å². The highest BCUT2D eigenvalue weighted by atomic mass is 19.1. The maximum absolute atomic E-state index is 13.4. The number of hydrogen-bond acceptors (Lipinski definition) is 6. The molecule has 0 amide bonds. The largest absolute Gasteiger partial charge is 0.493 e. The van der Waals surface area contributed by atoms with E-state index in [0.717, 1.165) is 85.9 Å². The molecule has 0 bridgehead atoms. The number of rotatable bonds is 9. The minimum absolute atomic E-state index is 0.299. The van der Waals surface area contributed by atoms with Crippen molar-refractivity contribution in [3.05, 3.63) is 70.0 Å². The fraction of sp³-hybridized carbons (Fsp3) is 0.429. The van der Waals surface area contributed by atoms with E-state index in [2.05, 4.69) is 17.0 Å². The second kappa shape index (κ2) is 10.6. The lowest BCUT2D eigenvalue weighted by Crippen LogP contribution is -2.34. The summed E-state index contributed by atoms with van der Waals surface area (Å²) in [5, 5.41) is 6.14. The molecule has 2 aromatic heterocycles. The third-order valence-corrected chi connectivity index (χ3v) is 6.89. The van der Waals surface area contributed by atoms with E-state index in [4.69, 9.17) is 13.7 Å². The summed E-state index contributed by atoms with van der Waals surface area (Å²) in [4.78, 5) is 14.3. The smallest absolute Gasteiger partial charge is 0.336 e. The van der Waals surface area contributed by atoms with Crippen molar-refractivity contribution in [2.24, 2.45) is 0 Å². The van der Waals surface area contributed by atoms with Crippen molar-refractivity contribution in [2.75, 3.05) is 26.2 Å². The van der Waals surface area contributed by atoms with Gasteiger partial charge in [0.2, 0.25) is 0 Å². The predicted octanol–water partition coefficient (Wildman–Crippen LogP) is 6.06. The zero-order valence-corrected chi connectivity index (χ0v) is 20.1. The number of halogens is 1. The maximum Gasteiger partial charge on any atom is 0.336 e. The molecule has 0 aliphatic carbocycles. The second-order valence-corrected chi connectivity index (χ2v) is 9.38. The summed E-state index contributed by atoms with van der Waals surface area (Å²) < 4.78 is 30.1. The molecule has 0 spiro atoms. The molecule has 0 atom stereocenters. The standard InChI is InChI=1S/C28H31FN2O4/c1-2-5-20-16-27(32)34-25-18-22(7-9-23(20)25)33-15-4-3-12-31-13-10-19(11-14-31)28-24-8-6-21(29)17-26(24)35-30-28/h6-9,16-19H,2-5,10-15H2,1H3. The average Bonchev–Trinajstić information content (AvgIpc) is 3.27. The Hall–Kier alpha value is -3.19. The van der Waals surface area contributed by atoms with Gasteiger partial charge in [0.25, 0.3) is 0 Å². The molecule has 1 fully saturated rings. The van der Waals surface area contributed by atoms with Gasteiger partial charge in [-0.3, -0.25) is 0 Å². The molecule has 3 heterocycles. The van der Waals surface area contributed by atoms with Crippen LogP contribution in [0.25, 0.3) is 21.9 Å². The van der Waals surface area contributed by atoms with Gasteiger partial charge in [-0.2, -0.15) is 0 Å². The number of aromatic nitrogens is 1. The van der Waals surface area contributed by atoms with Crippen LogP contribution < -0.4 is 10.4 Å². The molecule has 2 aromatic carbocycles.